The van der Waals surface area contributed by atoms with Gasteiger partial charge in [-0.2, -0.15) is 0 Å². The number of amides is 1. The third-order valence-corrected chi connectivity index (χ3v) is 5.53. The van der Waals surface area contributed by atoms with Crippen LogP contribution >= 0.6 is 0 Å². The van der Waals surface area contributed by atoms with Crippen LogP contribution in [0.4, 0.5) is 5.69 Å². The molecule has 1 amide bonds. The minimum absolute atomic E-state index is 0.0298. The molecule has 0 spiro atoms. The Hall–Kier alpha value is -2.92. The zero-order valence-electron chi connectivity index (χ0n) is 15.2. The lowest BCUT2D eigenvalue weighted by Gasteiger charge is -2.29. The molecule has 0 radical (unpaired) electrons. The van der Waals surface area contributed by atoms with Gasteiger partial charge in [0.25, 0.3) is 0 Å². The van der Waals surface area contributed by atoms with Crippen molar-refractivity contribution in [3.05, 3.63) is 66.4 Å². The fraction of sp³-hybridized carbons (Fsp3) is 0.273. The number of fused-ring (bicyclic) bond motifs is 4. The molecule has 5 rings (SSSR count). The summed E-state index contributed by atoms with van der Waals surface area (Å²) in [6.45, 7) is 1.43. The van der Waals surface area contributed by atoms with Gasteiger partial charge in [0.2, 0.25) is 5.91 Å². The van der Waals surface area contributed by atoms with Crippen LogP contribution in [0.3, 0.4) is 0 Å². The average Bonchev–Trinajstić information content (AvgIpc) is 3.09. The number of pyridine rings is 1. The summed E-state index contributed by atoms with van der Waals surface area (Å²) in [6.07, 6.45) is 2.66. The smallest absolute Gasteiger partial charge is 0.244 e. The van der Waals surface area contributed by atoms with Crippen molar-refractivity contribution in [1.29, 1.82) is 0 Å². The molecule has 2 aromatic carbocycles. The molecule has 3 heterocycles. The van der Waals surface area contributed by atoms with Crippen molar-refractivity contribution in [3.63, 3.8) is 0 Å². The van der Waals surface area contributed by atoms with E-state index in [4.69, 9.17) is 4.74 Å². The van der Waals surface area contributed by atoms with Crippen LogP contribution in [0.5, 0.6) is 5.75 Å². The molecular formula is C22H21N3O2. The molecular weight excluding hydrogens is 338 g/mol. The Morgan fingerprint density at radius 3 is 2.89 bits per heavy atom. The van der Waals surface area contributed by atoms with Crippen molar-refractivity contribution in [2.45, 2.75) is 25.1 Å². The van der Waals surface area contributed by atoms with Gasteiger partial charge in [-0.05, 0) is 29.8 Å². The van der Waals surface area contributed by atoms with Crippen LogP contribution in [0.25, 0.3) is 10.9 Å². The molecule has 27 heavy (non-hydrogen) atoms. The molecule has 0 saturated carbocycles. The van der Waals surface area contributed by atoms with Crippen LogP contribution < -0.4 is 9.64 Å². The number of ether oxygens (including phenoxy) is 1. The Morgan fingerprint density at radius 2 is 1.96 bits per heavy atom. The number of carbonyl (C=O) groups excluding carboxylic acids is 1. The van der Waals surface area contributed by atoms with Gasteiger partial charge in [0.05, 0.1) is 17.2 Å². The fourth-order valence-corrected chi connectivity index (χ4v) is 4.17. The van der Waals surface area contributed by atoms with E-state index in [1.807, 2.05) is 55.7 Å². The van der Waals surface area contributed by atoms with Crippen LogP contribution in [0, 0.1) is 0 Å². The second kappa shape index (κ2) is 6.35. The second-order valence-electron chi connectivity index (χ2n) is 7.32. The number of nitrogens with zero attached hydrogens (tertiary/aromatic N) is 3. The van der Waals surface area contributed by atoms with Crippen LogP contribution in [0.2, 0.25) is 0 Å². The maximum atomic E-state index is 13.1. The van der Waals surface area contributed by atoms with Crippen molar-refractivity contribution < 1.29 is 9.53 Å². The third kappa shape index (κ3) is 2.84. The fourth-order valence-electron chi connectivity index (χ4n) is 4.17. The highest BCUT2D eigenvalue weighted by atomic mass is 16.5. The normalized spacial score (nSPS) is 22.3. The monoisotopic (exact) mass is 359 g/mol. The largest absolute Gasteiger partial charge is 0.487 e. The third-order valence-electron chi connectivity index (χ3n) is 5.53. The topological polar surface area (TPSA) is 45.7 Å². The lowest BCUT2D eigenvalue weighted by molar-refractivity contribution is -0.122. The number of hydrogen-bond acceptors (Lipinski definition) is 4. The summed E-state index contributed by atoms with van der Waals surface area (Å²) in [5.74, 6) is 0.910. The van der Waals surface area contributed by atoms with Crippen LogP contribution in [-0.2, 0) is 11.3 Å². The number of likely N-dealkylation sites (tertiary alicyclic amines) is 1. The van der Waals surface area contributed by atoms with E-state index in [1.54, 1.807) is 4.90 Å². The van der Waals surface area contributed by atoms with Gasteiger partial charge >= 0.3 is 0 Å². The second-order valence-corrected chi connectivity index (χ2v) is 7.32. The van der Waals surface area contributed by atoms with E-state index in [9.17, 15) is 4.79 Å². The summed E-state index contributed by atoms with van der Waals surface area (Å²) in [4.78, 5) is 21.7. The molecule has 5 nitrogen and oxygen atoms in total. The van der Waals surface area contributed by atoms with Crippen molar-refractivity contribution in [1.82, 2.24) is 9.88 Å². The molecule has 1 fully saturated rings. The maximum Gasteiger partial charge on any atom is 0.244 e. The van der Waals surface area contributed by atoms with Crippen molar-refractivity contribution in [2.24, 2.45) is 0 Å². The Balaban J connectivity index is 1.44. The van der Waals surface area contributed by atoms with E-state index in [2.05, 4.69) is 22.0 Å². The molecule has 136 valence electrons. The quantitative estimate of drug-likeness (QED) is 0.705. The molecule has 2 unspecified atom stereocenters. The van der Waals surface area contributed by atoms with E-state index < -0.39 is 0 Å². The van der Waals surface area contributed by atoms with Gasteiger partial charge in [-0.15, -0.1) is 0 Å². The molecule has 1 aromatic heterocycles. The van der Waals surface area contributed by atoms with Crippen LogP contribution in [-0.4, -0.2) is 41.5 Å². The number of hydrogen-bond donors (Lipinski definition) is 0. The summed E-state index contributed by atoms with van der Waals surface area (Å²) < 4.78 is 6.23. The maximum absolute atomic E-state index is 13.1. The van der Waals surface area contributed by atoms with E-state index >= 15 is 0 Å². The summed E-state index contributed by atoms with van der Waals surface area (Å²) in [5, 5.41) is 1.12. The number of para-hydroxylation sites is 3. The Labute approximate surface area is 158 Å². The van der Waals surface area contributed by atoms with Crippen LogP contribution in [0.1, 0.15) is 12.0 Å². The van der Waals surface area contributed by atoms with Gasteiger partial charge in [-0.1, -0.05) is 30.3 Å². The number of aromatic nitrogens is 1. The van der Waals surface area contributed by atoms with Gasteiger partial charge < -0.3 is 9.64 Å². The van der Waals surface area contributed by atoms with Crippen molar-refractivity contribution in [3.8, 4) is 5.75 Å². The Bertz CT molecular complexity index is 1020. The molecule has 2 bridgehead atoms. The minimum Gasteiger partial charge on any atom is -0.487 e. The van der Waals surface area contributed by atoms with Gasteiger partial charge in [-0.25, -0.2) is 0 Å². The first-order chi connectivity index (χ1) is 13.2. The zero-order valence-corrected chi connectivity index (χ0v) is 15.2. The van der Waals surface area contributed by atoms with Gasteiger partial charge in [0.1, 0.15) is 11.9 Å². The van der Waals surface area contributed by atoms with E-state index in [1.165, 1.54) is 0 Å². The molecule has 2 atom stereocenters. The summed E-state index contributed by atoms with van der Waals surface area (Å²) in [6, 6.07) is 17.9. The zero-order chi connectivity index (χ0) is 18.4. The van der Waals surface area contributed by atoms with Crippen LogP contribution in [0.15, 0.2) is 60.8 Å². The summed E-state index contributed by atoms with van der Waals surface area (Å²) >= 11 is 0. The van der Waals surface area contributed by atoms with Crippen molar-refractivity contribution in [2.75, 3.05) is 18.5 Å². The SMILES string of the molecule is CN1C(=O)C2CC(CN2Cc2cnc3ccccc3c2)Oc2ccccc21. The lowest BCUT2D eigenvalue weighted by Crippen LogP contribution is -2.44. The highest BCUT2D eigenvalue weighted by Gasteiger charge is 2.41. The predicted octanol–water partition coefficient (Wildman–Crippen LogP) is 3.23. The summed E-state index contributed by atoms with van der Waals surface area (Å²) in [7, 11) is 1.83. The minimum atomic E-state index is -0.167. The highest BCUT2D eigenvalue weighted by molar-refractivity contribution is 5.98. The number of rotatable bonds is 2. The predicted molar refractivity (Wildman–Crippen MR) is 105 cm³/mol. The molecule has 2 aliphatic rings. The first kappa shape index (κ1) is 16.3. The molecule has 0 aliphatic carbocycles. The number of benzene rings is 2. The molecule has 5 heteroatoms. The Morgan fingerprint density at radius 1 is 1.15 bits per heavy atom. The standard InChI is InChI=1S/C22H21N3O2/c1-24-19-8-4-5-9-21(19)27-17-11-20(22(24)26)25(14-17)13-15-10-16-6-2-3-7-18(16)23-12-15/h2-10,12,17,20H,11,13-14H2,1H3. The summed E-state index contributed by atoms with van der Waals surface area (Å²) in [5.41, 5.74) is 2.95. The number of carbonyl (C=O) groups is 1. The van der Waals surface area contributed by atoms with Crippen molar-refractivity contribution >= 4 is 22.5 Å². The van der Waals surface area contributed by atoms with E-state index in [-0.39, 0.29) is 18.1 Å². The van der Waals surface area contributed by atoms with Gasteiger partial charge in [0.15, 0.2) is 0 Å². The van der Waals surface area contributed by atoms with Gasteiger partial charge in [0, 0.05) is 38.1 Å². The average molecular weight is 359 g/mol. The lowest BCUT2D eigenvalue weighted by atomic mass is 10.1. The number of likely N-dealkylation sites (N-methyl/N-ethyl adjacent to an activating group) is 1. The first-order valence-electron chi connectivity index (χ1n) is 9.30. The Kier molecular flexibility index (Phi) is 3.83. The first-order valence-corrected chi connectivity index (χ1v) is 9.30. The highest BCUT2D eigenvalue weighted by Crippen LogP contribution is 2.35. The molecule has 3 aromatic rings. The van der Waals surface area contributed by atoms with Gasteiger partial charge in [-0.3, -0.25) is 14.7 Å². The number of anilines is 1. The molecule has 2 aliphatic heterocycles. The molecule has 1 saturated heterocycles. The van der Waals surface area contributed by atoms with E-state index in [0.29, 0.717) is 6.54 Å². The molecule has 0 N–H and O–H groups in total. The van der Waals surface area contributed by atoms with E-state index in [0.717, 1.165) is 40.9 Å².